The van der Waals surface area contributed by atoms with Gasteiger partial charge in [0.2, 0.25) is 11.8 Å². The molecule has 0 saturated heterocycles. The summed E-state index contributed by atoms with van der Waals surface area (Å²) in [7, 11) is -4.50. The largest absolute Gasteiger partial charge is 0.480 e. The normalized spacial score (nSPS) is 13.8. The molecule has 1 unspecified atom stereocenters. The number of nitrogens with one attached hydrogen (secondary N) is 2. The van der Waals surface area contributed by atoms with Gasteiger partial charge in [0.05, 0.1) is 13.2 Å². The van der Waals surface area contributed by atoms with Crippen LogP contribution in [0.5, 0.6) is 0 Å². The van der Waals surface area contributed by atoms with Crippen molar-refractivity contribution in [3.63, 3.8) is 0 Å². The molecule has 0 spiro atoms. The van der Waals surface area contributed by atoms with Crippen molar-refractivity contribution >= 4 is 44.2 Å². The van der Waals surface area contributed by atoms with Crippen LogP contribution in [-0.2, 0) is 28.3 Å². The molecule has 0 heterocycles. The summed E-state index contributed by atoms with van der Waals surface area (Å²) in [4.78, 5) is 59.9. The van der Waals surface area contributed by atoms with Gasteiger partial charge in [-0.3, -0.25) is 23.7 Å². The fourth-order valence-electron chi connectivity index (χ4n) is 1.39. The van der Waals surface area contributed by atoms with E-state index in [-0.39, 0.29) is 18.6 Å². The lowest BCUT2D eigenvalue weighted by atomic mass is 10.1. The van der Waals surface area contributed by atoms with Crippen molar-refractivity contribution in [1.82, 2.24) is 10.6 Å². The molecule has 15 nitrogen and oxygen atoms in total. The Kier molecular flexibility index (Phi) is 16.2. The lowest BCUT2D eigenvalue weighted by Gasteiger charge is -2.16. The maximum absolute atomic E-state index is 11.5. The first-order chi connectivity index (χ1) is 13.7. The van der Waals surface area contributed by atoms with E-state index in [2.05, 4.69) is 27.8 Å². The number of phosphoric ester groups is 1. The number of hydrogen-bond donors (Lipinski definition) is 10. The highest BCUT2D eigenvalue weighted by atomic mass is 32.1. The van der Waals surface area contributed by atoms with Crippen LogP contribution in [0, 0.1) is 0 Å². The average Bonchev–Trinajstić information content (AvgIpc) is 2.66. The minimum atomic E-state index is -4.50. The van der Waals surface area contributed by atoms with Gasteiger partial charge in [-0.2, -0.15) is 12.6 Å². The number of aliphatic carboxylic acids is 2. The molecule has 0 aliphatic heterocycles. The minimum absolute atomic E-state index is 0.0256. The Hall–Kier alpha value is -1.78. The van der Waals surface area contributed by atoms with Crippen LogP contribution in [0.4, 0.5) is 0 Å². The van der Waals surface area contributed by atoms with E-state index in [1.54, 1.807) is 0 Å². The van der Waals surface area contributed by atoms with Gasteiger partial charge in [-0.05, 0) is 6.42 Å². The standard InChI is InChI=1S/C10H17N3O6S.C3H9O6P/c11-5(10(18)19)1-2-7(14)13-6(4-20)9(17)12-3-8(15)16;4-1-3(5)2-9-10(6,7)8/h5-6,20H,1-4,11H2,(H,12,17)(H,13,14)(H,15,16)(H,18,19);3-5H,1-2H2,(H2,6,7,8)/t5-,6-;/m0./s1. The Balaban J connectivity index is 0. The lowest BCUT2D eigenvalue weighted by molar-refractivity contribution is -0.139. The zero-order valence-electron chi connectivity index (χ0n) is 15.6. The SMILES string of the molecule is N[C@@H](CCC(=O)N[C@@H](CS)C(=O)NCC(=O)O)C(=O)O.O=P(O)(O)OCC(O)CO. The number of phosphoric acid groups is 1. The van der Waals surface area contributed by atoms with Crippen LogP contribution >= 0.6 is 20.5 Å². The predicted octanol–water partition coefficient (Wildman–Crippen LogP) is -3.76. The lowest BCUT2D eigenvalue weighted by Crippen LogP contribution is -2.49. The molecule has 0 radical (unpaired) electrons. The molecule has 0 bridgehead atoms. The fourth-order valence-corrected chi connectivity index (χ4v) is 2.02. The quantitative estimate of drug-likeness (QED) is 0.0899. The molecule has 30 heavy (non-hydrogen) atoms. The number of aliphatic hydroxyl groups excluding tert-OH is 2. The highest BCUT2D eigenvalue weighted by Crippen LogP contribution is 2.35. The van der Waals surface area contributed by atoms with Gasteiger partial charge >= 0.3 is 19.8 Å². The molecule has 0 aromatic heterocycles. The highest BCUT2D eigenvalue weighted by Gasteiger charge is 2.21. The van der Waals surface area contributed by atoms with Crippen LogP contribution in [0.3, 0.4) is 0 Å². The van der Waals surface area contributed by atoms with Gasteiger partial charge in [0.1, 0.15) is 24.7 Å². The summed E-state index contributed by atoms with van der Waals surface area (Å²) in [5, 5.41) is 38.0. The summed E-state index contributed by atoms with van der Waals surface area (Å²) in [5.74, 6) is -3.70. The van der Waals surface area contributed by atoms with Crippen molar-refractivity contribution in [1.29, 1.82) is 0 Å². The summed E-state index contributed by atoms with van der Waals surface area (Å²) in [5.41, 5.74) is 5.23. The molecule has 0 aliphatic carbocycles. The number of carbonyl (C=O) groups excluding carboxylic acids is 2. The number of rotatable bonds is 13. The second-order valence-corrected chi connectivity index (χ2v) is 7.12. The Morgan fingerprint density at radius 2 is 1.73 bits per heavy atom. The molecule has 10 N–H and O–H groups in total. The summed E-state index contributed by atoms with van der Waals surface area (Å²) in [6.07, 6.45) is -1.48. The third-order valence-electron chi connectivity index (χ3n) is 2.89. The smallest absolute Gasteiger partial charge is 0.469 e. The average molecular weight is 479 g/mol. The van der Waals surface area contributed by atoms with Crippen molar-refractivity contribution in [3.05, 3.63) is 0 Å². The first kappa shape index (κ1) is 30.4. The number of hydrogen-bond acceptors (Lipinski definition) is 10. The Bertz CT molecular complexity index is 616. The van der Waals surface area contributed by atoms with Gasteiger partial charge in [0.25, 0.3) is 0 Å². The number of nitrogens with two attached hydrogens (primary N) is 1. The van der Waals surface area contributed by atoms with Crippen molar-refractivity contribution < 1.29 is 58.5 Å². The summed E-state index contributed by atoms with van der Waals surface area (Å²) in [6.45, 7) is -1.72. The molecule has 3 atom stereocenters. The maximum Gasteiger partial charge on any atom is 0.469 e. The van der Waals surface area contributed by atoms with Gasteiger partial charge in [-0.25, -0.2) is 4.57 Å². The Labute approximate surface area is 176 Å². The topological polar surface area (TPSA) is 266 Å². The van der Waals surface area contributed by atoms with Crippen LogP contribution in [0.15, 0.2) is 0 Å². The van der Waals surface area contributed by atoms with Crippen molar-refractivity contribution in [2.45, 2.75) is 31.0 Å². The van der Waals surface area contributed by atoms with E-state index in [0.717, 1.165) is 0 Å². The zero-order chi connectivity index (χ0) is 23.9. The van der Waals surface area contributed by atoms with E-state index in [4.69, 9.17) is 35.9 Å². The van der Waals surface area contributed by atoms with Crippen molar-refractivity contribution in [2.24, 2.45) is 5.73 Å². The number of thiol groups is 1. The highest BCUT2D eigenvalue weighted by molar-refractivity contribution is 7.80. The molecular weight excluding hydrogens is 453 g/mol. The molecule has 2 amide bonds. The molecule has 0 saturated carbocycles. The third-order valence-corrected chi connectivity index (χ3v) is 3.74. The Morgan fingerprint density at radius 1 is 1.17 bits per heavy atom. The molecule has 17 heteroatoms. The van der Waals surface area contributed by atoms with Gasteiger partial charge < -0.3 is 46.6 Å². The zero-order valence-corrected chi connectivity index (χ0v) is 17.4. The van der Waals surface area contributed by atoms with Gasteiger partial charge in [0.15, 0.2) is 0 Å². The molecule has 0 aromatic carbocycles. The van der Waals surface area contributed by atoms with E-state index in [9.17, 15) is 23.7 Å². The molecule has 0 fully saturated rings. The number of amides is 2. The van der Waals surface area contributed by atoms with Crippen LogP contribution in [0.25, 0.3) is 0 Å². The first-order valence-corrected chi connectivity index (χ1v) is 10.3. The molecular formula is C13H26N3O12PS. The predicted molar refractivity (Wildman–Crippen MR) is 102 cm³/mol. The van der Waals surface area contributed by atoms with Crippen LogP contribution in [0.2, 0.25) is 0 Å². The second kappa shape index (κ2) is 16.0. The van der Waals surface area contributed by atoms with E-state index in [1.807, 2.05) is 0 Å². The molecule has 0 aromatic rings. The molecule has 0 aliphatic rings. The number of carboxylic acid groups (broad SMARTS) is 2. The van der Waals surface area contributed by atoms with Gasteiger partial charge in [0, 0.05) is 12.2 Å². The van der Waals surface area contributed by atoms with Crippen LogP contribution < -0.4 is 16.4 Å². The molecule has 0 rings (SSSR count). The monoisotopic (exact) mass is 479 g/mol. The molecule has 176 valence electrons. The number of carbonyl (C=O) groups is 4. The van der Waals surface area contributed by atoms with Crippen LogP contribution in [-0.4, -0.2) is 97.7 Å². The van der Waals surface area contributed by atoms with E-state index in [0.29, 0.717) is 0 Å². The van der Waals surface area contributed by atoms with Crippen LogP contribution in [0.1, 0.15) is 12.8 Å². The van der Waals surface area contributed by atoms with E-state index in [1.165, 1.54) is 0 Å². The van der Waals surface area contributed by atoms with Gasteiger partial charge in [-0.15, -0.1) is 0 Å². The number of carboxylic acids is 2. The van der Waals surface area contributed by atoms with Crippen molar-refractivity contribution in [3.8, 4) is 0 Å². The van der Waals surface area contributed by atoms with Gasteiger partial charge in [-0.1, -0.05) is 0 Å². The fraction of sp³-hybridized carbons (Fsp3) is 0.692. The third kappa shape index (κ3) is 18.3. The maximum atomic E-state index is 11.5. The summed E-state index contributed by atoms with van der Waals surface area (Å²) >= 11 is 3.87. The van der Waals surface area contributed by atoms with Crippen molar-refractivity contribution in [2.75, 3.05) is 25.5 Å². The summed E-state index contributed by atoms with van der Waals surface area (Å²) < 4.78 is 13.8. The van der Waals surface area contributed by atoms with E-state index >= 15 is 0 Å². The first-order valence-electron chi connectivity index (χ1n) is 8.10. The number of aliphatic hydroxyl groups is 2. The minimum Gasteiger partial charge on any atom is -0.480 e. The second-order valence-electron chi connectivity index (χ2n) is 5.52. The van der Waals surface area contributed by atoms with E-state index < -0.39 is 69.5 Å². The Morgan fingerprint density at radius 3 is 2.13 bits per heavy atom. The summed E-state index contributed by atoms with van der Waals surface area (Å²) in [6, 6.07) is -2.15.